The molecule has 0 fully saturated rings. The van der Waals surface area contributed by atoms with Crippen LogP contribution in [0.3, 0.4) is 0 Å². The van der Waals surface area contributed by atoms with Gasteiger partial charge in [-0.15, -0.1) is 0 Å². The van der Waals surface area contributed by atoms with Crippen molar-refractivity contribution in [3.8, 4) is 0 Å². The van der Waals surface area contributed by atoms with Gasteiger partial charge in [0.25, 0.3) is 0 Å². The van der Waals surface area contributed by atoms with Crippen molar-refractivity contribution in [2.45, 2.75) is 25.8 Å². The minimum atomic E-state index is -0.522. The fraction of sp³-hybridized carbons (Fsp3) is 0.500. The van der Waals surface area contributed by atoms with Crippen LogP contribution in [0.5, 0.6) is 0 Å². The number of hydrogen-bond donors (Lipinski definition) is 2. The minimum absolute atomic E-state index is 0.00738. The molecule has 2 N–H and O–H groups in total. The first-order valence-electron chi connectivity index (χ1n) is 4.60. The molecule has 1 heterocycles. The molecule has 78 valence electrons. The number of hydrogen-bond acceptors (Lipinski definition) is 3. The second-order valence-corrected chi connectivity index (χ2v) is 3.56. The van der Waals surface area contributed by atoms with Crippen molar-refractivity contribution in [3.05, 3.63) is 24.3 Å². The summed E-state index contributed by atoms with van der Waals surface area (Å²) < 4.78 is 12.7. The van der Waals surface area contributed by atoms with Crippen LogP contribution in [0.4, 0.5) is 10.1 Å². The van der Waals surface area contributed by atoms with Gasteiger partial charge in [0.1, 0.15) is 0 Å². The van der Waals surface area contributed by atoms with Gasteiger partial charge in [0, 0.05) is 18.0 Å². The van der Waals surface area contributed by atoms with Crippen LogP contribution in [0.1, 0.15) is 20.3 Å². The Morgan fingerprint density at radius 3 is 2.86 bits per heavy atom. The van der Waals surface area contributed by atoms with Crippen molar-refractivity contribution < 1.29 is 9.50 Å². The highest BCUT2D eigenvalue weighted by Crippen LogP contribution is 2.17. The third-order valence-corrected chi connectivity index (χ3v) is 2.30. The lowest BCUT2D eigenvalue weighted by atomic mass is 10.00. The summed E-state index contributed by atoms with van der Waals surface area (Å²) in [5, 5.41) is 12.2. The molecule has 4 heteroatoms. The molecule has 0 aliphatic carbocycles. The van der Waals surface area contributed by atoms with Crippen LogP contribution >= 0.6 is 0 Å². The highest BCUT2D eigenvalue weighted by Gasteiger charge is 2.20. The molecular weight excluding hydrogens is 183 g/mol. The first-order chi connectivity index (χ1) is 6.59. The quantitative estimate of drug-likeness (QED) is 0.725. The molecule has 0 radical (unpaired) electrons. The summed E-state index contributed by atoms with van der Waals surface area (Å²) in [6, 6.07) is 2.98. The van der Waals surface area contributed by atoms with Crippen molar-refractivity contribution in [2.75, 3.05) is 11.9 Å². The second-order valence-electron chi connectivity index (χ2n) is 3.56. The molecule has 3 nitrogen and oxygen atoms in total. The Hall–Kier alpha value is -1.16. The number of aromatic nitrogens is 1. The summed E-state index contributed by atoms with van der Waals surface area (Å²) in [6.45, 7) is 3.85. The SMILES string of the molecule is CCC(C)(CO)Nc1ccnc(F)c1. The summed E-state index contributed by atoms with van der Waals surface area (Å²) in [4.78, 5) is 3.45. The summed E-state index contributed by atoms with van der Waals surface area (Å²) >= 11 is 0. The third-order valence-electron chi connectivity index (χ3n) is 2.30. The van der Waals surface area contributed by atoms with Crippen molar-refractivity contribution in [2.24, 2.45) is 0 Å². The molecule has 1 aromatic rings. The van der Waals surface area contributed by atoms with E-state index in [0.717, 1.165) is 6.42 Å². The molecule has 1 unspecified atom stereocenters. The summed E-state index contributed by atoms with van der Waals surface area (Å²) in [5.74, 6) is -0.522. The maximum Gasteiger partial charge on any atom is 0.214 e. The number of pyridine rings is 1. The molecule has 0 saturated carbocycles. The molecule has 1 aromatic heterocycles. The van der Waals surface area contributed by atoms with Crippen LogP contribution in [0.2, 0.25) is 0 Å². The number of anilines is 1. The van der Waals surface area contributed by atoms with Crippen molar-refractivity contribution in [1.29, 1.82) is 0 Å². The Bertz CT molecular complexity index is 300. The van der Waals surface area contributed by atoms with Crippen LogP contribution < -0.4 is 5.32 Å². The molecule has 1 atom stereocenters. The van der Waals surface area contributed by atoms with Crippen LogP contribution in [-0.2, 0) is 0 Å². The van der Waals surface area contributed by atoms with E-state index >= 15 is 0 Å². The van der Waals surface area contributed by atoms with Gasteiger partial charge in [-0.2, -0.15) is 4.39 Å². The fourth-order valence-electron chi connectivity index (χ4n) is 1.07. The smallest absolute Gasteiger partial charge is 0.214 e. The van der Waals surface area contributed by atoms with E-state index in [1.807, 2.05) is 13.8 Å². The predicted octanol–water partition coefficient (Wildman–Crippen LogP) is 1.79. The van der Waals surface area contributed by atoms with Gasteiger partial charge in [-0.05, 0) is 19.4 Å². The van der Waals surface area contributed by atoms with Crippen LogP contribution in [0, 0.1) is 5.95 Å². The van der Waals surface area contributed by atoms with E-state index in [0.29, 0.717) is 5.69 Å². The fourth-order valence-corrected chi connectivity index (χ4v) is 1.07. The van der Waals surface area contributed by atoms with Crippen molar-refractivity contribution >= 4 is 5.69 Å². The molecule has 0 saturated heterocycles. The summed E-state index contributed by atoms with van der Waals surface area (Å²) in [6.07, 6.45) is 2.15. The number of aliphatic hydroxyl groups is 1. The molecule has 0 amide bonds. The largest absolute Gasteiger partial charge is 0.394 e. The Morgan fingerprint density at radius 1 is 1.64 bits per heavy atom. The first kappa shape index (κ1) is 10.9. The van der Waals surface area contributed by atoms with Crippen LogP contribution in [-0.4, -0.2) is 22.2 Å². The number of halogens is 1. The average Bonchev–Trinajstić information content (AvgIpc) is 2.18. The first-order valence-corrected chi connectivity index (χ1v) is 4.60. The van der Waals surface area contributed by atoms with E-state index in [4.69, 9.17) is 5.11 Å². The van der Waals surface area contributed by atoms with E-state index in [9.17, 15) is 4.39 Å². The average molecular weight is 198 g/mol. The third kappa shape index (κ3) is 2.67. The molecule has 0 bridgehead atoms. The van der Waals surface area contributed by atoms with Crippen LogP contribution in [0.25, 0.3) is 0 Å². The topological polar surface area (TPSA) is 45.1 Å². The number of nitrogens with zero attached hydrogens (tertiary/aromatic N) is 1. The van der Waals surface area contributed by atoms with E-state index < -0.39 is 11.5 Å². The van der Waals surface area contributed by atoms with Gasteiger partial charge in [0.05, 0.1) is 12.1 Å². The zero-order chi connectivity index (χ0) is 10.6. The molecule has 0 aliphatic heterocycles. The van der Waals surface area contributed by atoms with E-state index in [2.05, 4.69) is 10.3 Å². The minimum Gasteiger partial charge on any atom is -0.394 e. The lowest BCUT2D eigenvalue weighted by molar-refractivity contribution is 0.219. The lowest BCUT2D eigenvalue weighted by Gasteiger charge is -2.28. The van der Waals surface area contributed by atoms with Crippen molar-refractivity contribution in [1.82, 2.24) is 4.98 Å². The zero-order valence-electron chi connectivity index (χ0n) is 8.42. The number of rotatable bonds is 4. The Balaban J connectivity index is 2.77. The molecule has 14 heavy (non-hydrogen) atoms. The molecule has 0 spiro atoms. The van der Waals surface area contributed by atoms with E-state index in [-0.39, 0.29) is 6.61 Å². The summed E-state index contributed by atoms with van der Waals surface area (Å²) in [5.41, 5.74) is 0.226. The van der Waals surface area contributed by atoms with Crippen molar-refractivity contribution in [3.63, 3.8) is 0 Å². The molecule has 1 rings (SSSR count). The van der Waals surface area contributed by atoms with Gasteiger partial charge in [-0.1, -0.05) is 6.92 Å². The lowest BCUT2D eigenvalue weighted by Crippen LogP contribution is -2.37. The Labute approximate surface area is 83.0 Å². The van der Waals surface area contributed by atoms with Gasteiger partial charge < -0.3 is 10.4 Å². The van der Waals surface area contributed by atoms with Gasteiger partial charge in [0.15, 0.2) is 0 Å². The Morgan fingerprint density at radius 2 is 2.36 bits per heavy atom. The van der Waals surface area contributed by atoms with Gasteiger partial charge in [-0.3, -0.25) is 0 Å². The maximum absolute atomic E-state index is 12.7. The number of nitrogens with one attached hydrogen (secondary N) is 1. The monoisotopic (exact) mass is 198 g/mol. The van der Waals surface area contributed by atoms with E-state index in [1.54, 1.807) is 6.07 Å². The molecule has 0 aliphatic rings. The second kappa shape index (κ2) is 4.37. The Kier molecular flexibility index (Phi) is 3.41. The molecular formula is C10H15FN2O. The maximum atomic E-state index is 12.7. The molecule has 0 aromatic carbocycles. The van der Waals surface area contributed by atoms with E-state index in [1.165, 1.54) is 12.3 Å². The zero-order valence-corrected chi connectivity index (χ0v) is 8.42. The normalized spacial score (nSPS) is 14.9. The number of aliphatic hydroxyl groups excluding tert-OH is 1. The highest BCUT2D eigenvalue weighted by molar-refractivity contribution is 5.43. The highest BCUT2D eigenvalue weighted by atomic mass is 19.1. The standard InChI is InChI=1S/C10H15FN2O/c1-3-10(2,7-14)13-8-4-5-12-9(11)6-8/h4-6,14H,3,7H2,1-2H3,(H,12,13). The predicted molar refractivity (Wildman–Crippen MR) is 53.6 cm³/mol. The summed E-state index contributed by atoms with van der Waals surface area (Å²) in [7, 11) is 0. The van der Waals surface area contributed by atoms with Gasteiger partial charge in [0.2, 0.25) is 5.95 Å². The van der Waals surface area contributed by atoms with Gasteiger partial charge in [-0.25, -0.2) is 4.98 Å². The van der Waals surface area contributed by atoms with Gasteiger partial charge >= 0.3 is 0 Å². The van der Waals surface area contributed by atoms with Crippen LogP contribution in [0.15, 0.2) is 18.3 Å².